The molecular weight excluding hydrogens is 190 g/mol. The fourth-order valence-electron chi connectivity index (χ4n) is 3.28. The van der Waals surface area contributed by atoms with Gasteiger partial charge in [-0.3, -0.25) is 0 Å². The topological polar surface area (TPSA) is 23.8 Å². The van der Waals surface area contributed by atoms with Crippen LogP contribution in [0.25, 0.3) is 0 Å². The van der Waals surface area contributed by atoms with Gasteiger partial charge >= 0.3 is 0 Å². The molecule has 2 fully saturated rings. The average Bonchev–Trinajstić information content (AvgIpc) is 2.50. The first-order chi connectivity index (χ1) is 6.60. The van der Waals surface area contributed by atoms with Gasteiger partial charge in [-0.1, -0.05) is 26.7 Å². The number of nitrogens with zero attached hydrogens (tertiary/aromatic N) is 1. The monoisotopic (exact) mass is 209 g/mol. The van der Waals surface area contributed by atoms with E-state index in [2.05, 4.69) is 19.9 Å². The fraction of sp³-hybridized carbons (Fsp3) is 0.917. The summed E-state index contributed by atoms with van der Waals surface area (Å²) in [7, 11) is 0. The van der Waals surface area contributed by atoms with Crippen molar-refractivity contribution in [1.82, 2.24) is 0 Å². The van der Waals surface area contributed by atoms with E-state index in [1.165, 1.54) is 38.5 Å². The first kappa shape index (κ1) is 10.4. The van der Waals surface area contributed by atoms with Gasteiger partial charge in [-0.15, -0.1) is 11.8 Å². The van der Waals surface area contributed by atoms with Crippen LogP contribution < -0.4 is 0 Å². The third kappa shape index (κ3) is 1.67. The maximum Gasteiger partial charge on any atom is 0.104 e. The molecule has 2 aliphatic rings. The Kier molecular flexibility index (Phi) is 2.55. The molecule has 0 aromatic carbocycles. The van der Waals surface area contributed by atoms with Crippen LogP contribution in [0.5, 0.6) is 0 Å². The van der Waals surface area contributed by atoms with E-state index in [0.29, 0.717) is 10.7 Å². The fourth-order valence-corrected chi connectivity index (χ4v) is 5.01. The molecule has 0 heterocycles. The van der Waals surface area contributed by atoms with Crippen molar-refractivity contribution in [3.8, 4) is 6.07 Å². The molecule has 0 aromatic heterocycles. The third-order valence-electron chi connectivity index (χ3n) is 3.65. The van der Waals surface area contributed by atoms with E-state index in [1.807, 2.05) is 11.8 Å². The summed E-state index contributed by atoms with van der Waals surface area (Å²) >= 11 is 1.89. The Bertz CT molecular complexity index is 250. The summed E-state index contributed by atoms with van der Waals surface area (Å²) in [4.78, 5) is 0. The number of hydrogen-bond acceptors (Lipinski definition) is 2. The molecule has 14 heavy (non-hydrogen) atoms. The van der Waals surface area contributed by atoms with E-state index in [0.717, 1.165) is 0 Å². The SMILES string of the molecule is CC(C)SC1(C#N)CC2(CCCC2)C1. The normalized spacial score (nSPS) is 27.6. The van der Waals surface area contributed by atoms with Crippen LogP contribution in [0.15, 0.2) is 0 Å². The minimum Gasteiger partial charge on any atom is -0.197 e. The van der Waals surface area contributed by atoms with Gasteiger partial charge in [0.05, 0.1) is 6.07 Å². The first-order valence-corrected chi connectivity index (χ1v) is 6.57. The number of hydrogen-bond donors (Lipinski definition) is 0. The molecule has 0 saturated heterocycles. The van der Waals surface area contributed by atoms with Crippen molar-refractivity contribution < 1.29 is 0 Å². The molecule has 0 aliphatic heterocycles. The second-order valence-corrected chi connectivity index (χ2v) is 7.29. The minimum absolute atomic E-state index is 0.0154. The highest BCUT2D eigenvalue weighted by molar-refractivity contribution is 8.01. The van der Waals surface area contributed by atoms with Gasteiger partial charge in [0, 0.05) is 5.25 Å². The van der Waals surface area contributed by atoms with Gasteiger partial charge in [0.15, 0.2) is 0 Å². The molecule has 1 nitrogen and oxygen atoms in total. The van der Waals surface area contributed by atoms with Crippen LogP contribution in [0.3, 0.4) is 0 Å². The van der Waals surface area contributed by atoms with Crippen molar-refractivity contribution >= 4 is 11.8 Å². The summed E-state index contributed by atoms with van der Waals surface area (Å²) in [6.07, 6.45) is 7.89. The Morgan fingerprint density at radius 2 is 1.79 bits per heavy atom. The summed E-state index contributed by atoms with van der Waals surface area (Å²) in [5.41, 5.74) is 0.595. The highest BCUT2D eigenvalue weighted by atomic mass is 32.2. The number of rotatable bonds is 2. The zero-order valence-corrected chi connectivity index (χ0v) is 9.99. The molecule has 1 spiro atoms. The molecule has 2 rings (SSSR count). The summed E-state index contributed by atoms with van der Waals surface area (Å²) in [6.45, 7) is 4.40. The molecular formula is C12H19NS. The smallest absolute Gasteiger partial charge is 0.104 e. The summed E-state index contributed by atoms with van der Waals surface area (Å²) in [5, 5.41) is 9.85. The number of nitriles is 1. The summed E-state index contributed by atoms with van der Waals surface area (Å²) < 4.78 is -0.0154. The lowest BCUT2D eigenvalue weighted by atomic mass is 9.61. The van der Waals surface area contributed by atoms with Crippen LogP contribution >= 0.6 is 11.8 Å². The Labute approximate surface area is 91.3 Å². The van der Waals surface area contributed by atoms with Crippen LogP contribution in [0, 0.1) is 16.7 Å². The second-order valence-electron chi connectivity index (χ2n) is 5.33. The Hall–Kier alpha value is -0.160. The van der Waals surface area contributed by atoms with Crippen molar-refractivity contribution in [2.45, 2.75) is 62.4 Å². The first-order valence-electron chi connectivity index (χ1n) is 5.69. The lowest BCUT2D eigenvalue weighted by Gasteiger charge is -2.51. The highest BCUT2D eigenvalue weighted by Gasteiger charge is 2.56. The largest absolute Gasteiger partial charge is 0.197 e. The van der Waals surface area contributed by atoms with Crippen LogP contribution in [0.1, 0.15) is 52.4 Å². The molecule has 0 N–H and O–H groups in total. The number of thioether (sulfide) groups is 1. The summed E-state index contributed by atoms with van der Waals surface area (Å²) in [5.74, 6) is 0. The zero-order valence-electron chi connectivity index (χ0n) is 9.18. The van der Waals surface area contributed by atoms with Crippen molar-refractivity contribution in [2.75, 3.05) is 0 Å². The molecule has 2 saturated carbocycles. The molecule has 0 bridgehead atoms. The van der Waals surface area contributed by atoms with E-state index in [9.17, 15) is 5.26 Å². The second kappa shape index (κ2) is 3.45. The molecule has 0 amide bonds. The molecule has 2 aliphatic carbocycles. The summed E-state index contributed by atoms with van der Waals surface area (Å²) in [6, 6.07) is 2.56. The Morgan fingerprint density at radius 3 is 2.21 bits per heavy atom. The van der Waals surface area contributed by atoms with Crippen molar-refractivity contribution in [3.63, 3.8) is 0 Å². The maximum absolute atomic E-state index is 9.26. The molecule has 0 radical (unpaired) electrons. The minimum atomic E-state index is -0.0154. The van der Waals surface area contributed by atoms with Crippen LogP contribution in [0.4, 0.5) is 0 Å². The van der Waals surface area contributed by atoms with Gasteiger partial charge in [0.25, 0.3) is 0 Å². The van der Waals surface area contributed by atoms with Gasteiger partial charge < -0.3 is 0 Å². The van der Waals surface area contributed by atoms with E-state index in [4.69, 9.17) is 0 Å². The van der Waals surface area contributed by atoms with Crippen molar-refractivity contribution in [1.29, 1.82) is 5.26 Å². The lowest BCUT2D eigenvalue weighted by molar-refractivity contribution is 0.119. The van der Waals surface area contributed by atoms with E-state index in [1.54, 1.807) is 0 Å². The molecule has 0 unspecified atom stereocenters. The van der Waals surface area contributed by atoms with Gasteiger partial charge in [-0.05, 0) is 31.1 Å². The molecule has 0 aromatic rings. The molecule has 78 valence electrons. The third-order valence-corrected chi connectivity index (χ3v) is 4.95. The zero-order chi connectivity index (χ0) is 10.2. The van der Waals surface area contributed by atoms with E-state index < -0.39 is 0 Å². The average molecular weight is 209 g/mol. The van der Waals surface area contributed by atoms with Crippen LogP contribution in [-0.2, 0) is 0 Å². The van der Waals surface area contributed by atoms with Gasteiger partial charge in [0.2, 0.25) is 0 Å². The predicted molar refractivity (Wildman–Crippen MR) is 61.2 cm³/mol. The Morgan fingerprint density at radius 1 is 1.21 bits per heavy atom. The predicted octanol–water partition coefficient (Wildman–Crippen LogP) is 3.74. The van der Waals surface area contributed by atoms with E-state index >= 15 is 0 Å². The Balaban J connectivity index is 1.97. The quantitative estimate of drug-likeness (QED) is 0.691. The van der Waals surface area contributed by atoms with Crippen LogP contribution in [-0.4, -0.2) is 10.00 Å². The van der Waals surface area contributed by atoms with Crippen molar-refractivity contribution in [3.05, 3.63) is 0 Å². The maximum atomic E-state index is 9.26. The van der Waals surface area contributed by atoms with Gasteiger partial charge in [-0.2, -0.15) is 5.26 Å². The highest BCUT2D eigenvalue weighted by Crippen LogP contribution is 2.63. The standard InChI is InChI=1S/C12H19NS/c1-10(2)14-12(9-13)7-11(8-12)5-3-4-6-11/h10H,3-8H2,1-2H3. The molecule has 2 heteroatoms. The van der Waals surface area contributed by atoms with Crippen molar-refractivity contribution in [2.24, 2.45) is 5.41 Å². The van der Waals surface area contributed by atoms with Crippen LogP contribution in [0.2, 0.25) is 0 Å². The molecule has 0 atom stereocenters. The van der Waals surface area contributed by atoms with E-state index in [-0.39, 0.29) is 4.75 Å². The van der Waals surface area contributed by atoms with Gasteiger partial charge in [0.1, 0.15) is 4.75 Å². The lowest BCUT2D eigenvalue weighted by Crippen LogP contribution is -2.48. The van der Waals surface area contributed by atoms with Gasteiger partial charge in [-0.25, -0.2) is 0 Å².